The summed E-state index contributed by atoms with van der Waals surface area (Å²) in [7, 11) is 0. The number of nitrogens with zero attached hydrogens (tertiary/aromatic N) is 4. The second-order valence-electron chi connectivity index (χ2n) is 11.9. The number of aryl methyl sites for hydroxylation is 1. The van der Waals surface area contributed by atoms with E-state index in [-0.39, 0.29) is 24.7 Å². The number of aliphatic hydroxyl groups is 1. The van der Waals surface area contributed by atoms with E-state index in [2.05, 4.69) is 11.8 Å². The molecule has 7 rings (SSSR count). The number of amides is 1. The monoisotopic (exact) mass is 572 g/mol. The van der Waals surface area contributed by atoms with Gasteiger partial charge < -0.3 is 28.9 Å². The molecule has 42 heavy (non-hydrogen) atoms. The predicted octanol–water partition coefficient (Wildman–Crippen LogP) is 3.70. The van der Waals surface area contributed by atoms with Crippen LogP contribution in [0.5, 0.6) is 5.75 Å². The van der Waals surface area contributed by atoms with Crippen molar-refractivity contribution >= 4 is 23.0 Å². The lowest BCUT2D eigenvalue weighted by Crippen LogP contribution is -2.46. The fraction of sp³-hybridized carbons (Fsp3) is 0.500. The third kappa shape index (κ3) is 4.14. The first-order valence-corrected chi connectivity index (χ1v) is 15.2. The smallest absolute Gasteiger partial charge is 0.415 e. The zero-order valence-corrected chi connectivity index (χ0v) is 24.1. The number of likely N-dealkylation sites (tertiary alicyclic amines) is 2. The van der Waals surface area contributed by atoms with Gasteiger partial charge in [0.15, 0.2) is 5.60 Å². The van der Waals surface area contributed by atoms with Crippen LogP contribution in [0.3, 0.4) is 0 Å². The molecule has 0 spiro atoms. The van der Waals surface area contributed by atoms with Crippen molar-refractivity contribution in [1.82, 2.24) is 19.4 Å². The van der Waals surface area contributed by atoms with Crippen LogP contribution in [0.15, 0.2) is 29.1 Å². The molecule has 2 saturated heterocycles. The summed E-state index contributed by atoms with van der Waals surface area (Å²) in [5, 5.41) is 12.0. The van der Waals surface area contributed by atoms with Crippen LogP contribution < -0.4 is 10.3 Å². The first kappa shape index (κ1) is 27.1. The Kier molecular flexibility index (Phi) is 6.58. The largest absolute Gasteiger partial charge is 0.458 e. The number of hydrogen-bond donors (Lipinski definition) is 1. The molecule has 0 aliphatic carbocycles. The summed E-state index contributed by atoms with van der Waals surface area (Å²) in [5.41, 5.74) is 2.38. The Morgan fingerprint density at radius 2 is 1.86 bits per heavy atom. The third-order valence-corrected chi connectivity index (χ3v) is 9.72. The van der Waals surface area contributed by atoms with Crippen molar-refractivity contribution in [1.29, 1.82) is 0 Å². The van der Waals surface area contributed by atoms with Gasteiger partial charge >= 0.3 is 12.1 Å². The molecule has 10 nitrogen and oxygen atoms in total. The highest BCUT2D eigenvalue weighted by Crippen LogP contribution is 2.40. The summed E-state index contributed by atoms with van der Waals surface area (Å²) >= 11 is 0. The van der Waals surface area contributed by atoms with Gasteiger partial charge in [-0.25, -0.2) is 14.6 Å². The molecule has 0 saturated carbocycles. The molecule has 2 fully saturated rings. The highest BCUT2D eigenvalue weighted by atomic mass is 16.6. The van der Waals surface area contributed by atoms with Gasteiger partial charge in [-0.3, -0.25) is 4.79 Å². The first-order chi connectivity index (χ1) is 20.3. The molecule has 2 aromatic heterocycles. The van der Waals surface area contributed by atoms with Crippen molar-refractivity contribution in [2.45, 2.75) is 77.2 Å². The molecule has 4 aliphatic rings. The average Bonchev–Trinajstić information content (AvgIpc) is 3.67. The van der Waals surface area contributed by atoms with E-state index < -0.39 is 11.6 Å². The Labute approximate surface area is 243 Å². The third-order valence-electron chi connectivity index (χ3n) is 9.72. The molecule has 3 aromatic rings. The summed E-state index contributed by atoms with van der Waals surface area (Å²) in [6, 6.07) is 7.76. The lowest BCUT2D eigenvalue weighted by atomic mass is 9.86. The minimum absolute atomic E-state index is 0.0951. The summed E-state index contributed by atoms with van der Waals surface area (Å²) in [6.45, 7) is 7.65. The van der Waals surface area contributed by atoms with Crippen LogP contribution in [0.1, 0.15) is 68.2 Å². The summed E-state index contributed by atoms with van der Waals surface area (Å²) in [4.78, 5) is 48.4. The Morgan fingerprint density at radius 1 is 1.10 bits per heavy atom. The number of benzene rings is 1. The molecule has 6 heterocycles. The maximum absolute atomic E-state index is 13.6. The van der Waals surface area contributed by atoms with E-state index in [4.69, 9.17) is 14.5 Å². The highest BCUT2D eigenvalue weighted by Gasteiger charge is 2.45. The van der Waals surface area contributed by atoms with E-state index in [0.29, 0.717) is 60.4 Å². The van der Waals surface area contributed by atoms with Crippen LogP contribution in [-0.2, 0) is 34.7 Å². The van der Waals surface area contributed by atoms with E-state index in [0.717, 1.165) is 34.9 Å². The normalized spacial score (nSPS) is 22.2. The van der Waals surface area contributed by atoms with Crippen LogP contribution >= 0.6 is 0 Å². The molecule has 4 aliphatic heterocycles. The lowest BCUT2D eigenvalue weighted by molar-refractivity contribution is -0.172. The molecule has 1 amide bonds. The molecule has 1 N–H and O–H groups in total. The average molecular weight is 573 g/mol. The van der Waals surface area contributed by atoms with Gasteiger partial charge in [-0.1, -0.05) is 13.8 Å². The van der Waals surface area contributed by atoms with E-state index in [1.807, 2.05) is 12.1 Å². The Bertz CT molecular complexity index is 1670. The highest BCUT2D eigenvalue weighted by molar-refractivity contribution is 5.90. The van der Waals surface area contributed by atoms with E-state index in [1.54, 1.807) is 28.5 Å². The summed E-state index contributed by atoms with van der Waals surface area (Å²) < 4.78 is 12.7. The Balaban J connectivity index is 1.18. The summed E-state index contributed by atoms with van der Waals surface area (Å²) in [6.07, 6.45) is 4.94. The van der Waals surface area contributed by atoms with Crippen molar-refractivity contribution in [3.63, 3.8) is 0 Å². The SMILES string of the molecule is CCc1c2c(nc3ccc(OC(=O)N4CCC(N5CCCC5)CC4)cc13)-c1cc3c(c(=O)n1C2)COC(=O)[C@]3(O)CC. The maximum Gasteiger partial charge on any atom is 0.415 e. The minimum atomic E-state index is -1.86. The van der Waals surface area contributed by atoms with Gasteiger partial charge in [-0.05, 0) is 81.4 Å². The van der Waals surface area contributed by atoms with E-state index in [1.165, 1.54) is 25.9 Å². The van der Waals surface area contributed by atoms with Gasteiger partial charge in [0, 0.05) is 35.6 Å². The molecular weight excluding hydrogens is 536 g/mol. The summed E-state index contributed by atoms with van der Waals surface area (Å²) in [5.74, 6) is -0.267. The number of carbonyl (C=O) groups excluding carboxylic acids is 2. The lowest BCUT2D eigenvalue weighted by Gasteiger charge is -2.36. The molecule has 220 valence electrons. The van der Waals surface area contributed by atoms with Gasteiger partial charge in [-0.15, -0.1) is 0 Å². The van der Waals surface area contributed by atoms with E-state index >= 15 is 0 Å². The van der Waals surface area contributed by atoms with Gasteiger partial charge in [0.2, 0.25) is 0 Å². The zero-order valence-electron chi connectivity index (χ0n) is 24.1. The number of piperidine rings is 1. The number of hydrogen-bond acceptors (Lipinski definition) is 8. The van der Waals surface area contributed by atoms with E-state index in [9.17, 15) is 19.5 Å². The van der Waals surface area contributed by atoms with Crippen molar-refractivity contribution in [3.8, 4) is 17.1 Å². The van der Waals surface area contributed by atoms with Crippen molar-refractivity contribution in [2.75, 3.05) is 26.2 Å². The zero-order chi connectivity index (χ0) is 29.2. The number of ether oxygens (including phenoxy) is 2. The van der Waals surface area contributed by atoms with Crippen molar-refractivity contribution < 1.29 is 24.2 Å². The Hall–Kier alpha value is -3.76. The van der Waals surface area contributed by atoms with Crippen molar-refractivity contribution in [3.05, 3.63) is 56.9 Å². The fourth-order valence-corrected chi connectivity index (χ4v) is 7.29. The van der Waals surface area contributed by atoms with Gasteiger partial charge in [0.05, 0.1) is 29.0 Å². The molecule has 0 unspecified atom stereocenters. The van der Waals surface area contributed by atoms with Crippen LogP contribution in [0.2, 0.25) is 0 Å². The molecule has 0 radical (unpaired) electrons. The number of rotatable bonds is 4. The topological polar surface area (TPSA) is 114 Å². The number of carbonyl (C=O) groups is 2. The predicted molar refractivity (Wildman–Crippen MR) is 155 cm³/mol. The second-order valence-corrected chi connectivity index (χ2v) is 11.9. The molecule has 10 heteroatoms. The minimum Gasteiger partial charge on any atom is -0.458 e. The van der Waals surface area contributed by atoms with Crippen LogP contribution in [0.4, 0.5) is 4.79 Å². The second kappa shape index (κ2) is 10.2. The molecule has 1 atom stereocenters. The number of esters is 1. The van der Waals surface area contributed by atoms with Crippen LogP contribution in [0.25, 0.3) is 22.3 Å². The molecular formula is C32H36N4O6. The van der Waals surface area contributed by atoms with Crippen molar-refractivity contribution in [2.24, 2.45) is 0 Å². The number of aromatic nitrogens is 2. The Morgan fingerprint density at radius 3 is 2.57 bits per heavy atom. The maximum atomic E-state index is 13.6. The van der Waals surface area contributed by atoms with Gasteiger partial charge in [0.25, 0.3) is 5.56 Å². The molecule has 0 bridgehead atoms. The van der Waals surface area contributed by atoms with Gasteiger partial charge in [0.1, 0.15) is 12.4 Å². The molecule has 1 aromatic carbocycles. The van der Waals surface area contributed by atoms with Gasteiger partial charge in [-0.2, -0.15) is 0 Å². The first-order valence-electron chi connectivity index (χ1n) is 15.2. The number of cyclic esters (lactones) is 1. The quantitative estimate of drug-likeness (QED) is 0.369. The van der Waals surface area contributed by atoms with Crippen LogP contribution in [-0.4, -0.2) is 68.7 Å². The van der Waals surface area contributed by atoms with Crippen LogP contribution in [0, 0.1) is 0 Å². The number of pyridine rings is 2. The fourth-order valence-electron chi connectivity index (χ4n) is 7.29. The standard InChI is InChI=1S/C32H36N4O6/c1-3-21-22-15-20(42-31(39)35-13-9-19(10-14-35)34-11-5-6-12-34)7-8-26(22)33-28-23(21)17-36-27(28)16-25-24(29(36)37)18-41-30(38)32(25,40)4-2/h7-8,15-16,19,40H,3-6,9-14,17-18H2,1-2H3/t32-/m0/s1. The number of fused-ring (bicyclic) bond motifs is 5.